The molecule has 4 heterocycles. The van der Waals surface area contributed by atoms with Crippen LogP contribution in [0.2, 0.25) is 0 Å². The number of para-hydroxylation sites is 2. The van der Waals surface area contributed by atoms with Crippen LogP contribution < -0.4 is 4.90 Å². The summed E-state index contributed by atoms with van der Waals surface area (Å²) in [6, 6.07) is 40.9. The van der Waals surface area contributed by atoms with Crippen molar-refractivity contribution in [3.05, 3.63) is 150 Å². The number of thiophene rings is 1. The molecule has 0 amide bonds. The third-order valence-corrected chi connectivity index (χ3v) is 10.9. The van der Waals surface area contributed by atoms with Gasteiger partial charge in [-0.1, -0.05) is 80.6 Å². The Morgan fingerprint density at radius 2 is 1.55 bits per heavy atom. The molecule has 1 aliphatic heterocycles. The zero-order valence-electron chi connectivity index (χ0n) is 26.3. The first-order valence-electron chi connectivity index (χ1n) is 15.9. The topological polar surface area (TPSA) is 34.0 Å². The molecule has 228 valence electrons. The lowest BCUT2D eigenvalue weighted by molar-refractivity contribution is 0.402. The van der Waals surface area contributed by atoms with E-state index in [0.29, 0.717) is 11.1 Å². The van der Waals surface area contributed by atoms with E-state index < -0.39 is 6.17 Å². The number of halogens is 1. The maximum absolute atomic E-state index is 16.7. The van der Waals surface area contributed by atoms with Crippen molar-refractivity contribution < 1.29 is 4.39 Å². The highest BCUT2D eigenvalue weighted by Gasteiger charge is 2.40. The summed E-state index contributed by atoms with van der Waals surface area (Å²) >= 11 is 1.83. The molecule has 5 aromatic carbocycles. The van der Waals surface area contributed by atoms with Crippen LogP contribution in [0, 0.1) is 0 Å². The minimum Gasteiger partial charge on any atom is -0.327 e. The molecule has 1 unspecified atom stereocenters. The van der Waals surface area contributed by atoms with E-state index in [1.165, 1.54) is 25.7 Å². The number of alkyl halides is 1. The summed E-state index contributed by atoms with van der Waals surface area (Å²) in [4.78, 5) is 11.9. The normalized spacial score (nSPS) is 14.4. The highest BCUT2D eigenvalue weighted by atomic mass is 32.1. The summed E-state index contributed by atoms with van der Waals surface area (Å²) in [5.41, 5.74) is 8.15. The van der Waals surface area contributed by atoms with Crippen molar-refractivity contribution in [1.29, 1.82) is 0 Å². The first kappa shape index (κ1) is 27.9. The minimum atomic E-state index is -1.33. The molecule has 1 aliphatic rings. The molecule has 0 saturated carbocycles. The number of imidazole rings is 1. The lowest BCUT2D eigenvalue weighted by Gasteiger charge is -2.42. The van der Waals surface area contributed by atoms with Crippen LogP contribution in [-0.2, 0) is 12.5 Å². The highest BCUT2D eigenvalue weighted by Crippen LogP contribution is 2.56. The van der Waals surface area contributed by atoms with Crippen molar-refractivity contribution >= 4 is 59.7 Å². The van der Waals surface area contributed by atoms with Crippen LogP contribution in [-0.4, -0.2) is 14.5 Å². The largest absolute Gasteiger partial charge is 0.327 e. The summed E-state index contributed by atoms with van der Waals surface area (Å²) < 4.78 is 21.3. The maximum atomic E-state index is 16.7. The first-order chi connectivity index (χ1) is 22.9. The second-order valence-electron chi connectivity index (χ2n) is 12.8. The second kappa shape index (κ2) is 10.3. The average Bonchev–Trinajstić information content (AvgIpc) is 3.65. The van der Waals surface area contributed by atoms with E-state index >= 15 is 4.39 Å². The van der Waals surface area contributed by atoms with Crippen molar-refractivity contribution in [2.75, 3.05) is 4.90 Å². The Morgan fingerprint density at radius 3 is 2.40 bits per heavy atom. The quantitative estimate of drug-likeness (QED) is 0.194. The summed E-state index contributed by atoms with van der Waals surface area (Å²) in [6.07, 6.45) is 0.495. The van der Waals surface area contributed by atoms with Gasteiger partial charge in [0.25, 0.3) is 0 Å². The van der Waals surface area contributed by atoms with Gasteiger partial charge in [0.1, 0.15) is 11.6 Å². The van der Waals surface area contributed by atoms with E-state index in [1.54, 1.807) is 0 Å². The van der Waals surface area contributed by atoms with Crippen LogP contribution in [0.15, 0.2) is 128 Å². The SMILES string of the molecule is Cn1c(-c2cccc(C(F)c3ccc4c(c3)N(c3ccccn3)c3ccc5sc6ccccc6c5c3C4(C)C)c2)nc2ccccc21. The summed E-state index contributed by atoms with van der Waals surface area (Å²) in [5.74, 6) is 1.62. The van der Waals surface area contributed by atoms with Gasteiger partial charge in [0.05, 0.1) is 22.4 Å². The van der Waals surface area contributed by atoms with E-state index in [2.05, 4.69) is 71.8 Å². The summed E-state index contributed by atoms with van der Waals surface area (Å²) in [6.45, 7) is 4.58. The van der Waals surface area contributed by atoms with Gasteiger partial charge in [-0.2, -0.15) is 0 Å². The molecule has 0 aliphatic carbocycles. The Morgan fingerprint density at radius 1 is 0.745 bits per heavy atom. The lowest BCUT2D eigenvalue weighted by Crippen LogP contribution is -2.31. The number of nitrogens with zero attached hydrogens (tertiary/aromatic N) is 4. The van der Waals surface area contributed by atoms with Crippen LogP contribution in [0.25, 0.3) is 42.6 Å². The molecule has 8 aromatic rings. The van der Waals surface area contributed by atoms with E-state index in [1.807, 2.05) is 97.4 Å². The predicted octanol–water partition coefficient (Wildman–Crippen LogP) is 11.2. The summed E-state index contributed by atoms with van der Waals surface area (Å²) in [5, 5.41) is 2.55. The lowest BCUT2D eigenvalue weighted by atomic mass is 9.71. The van der Waals surface area contributed by atoms with Crippen LogP contribution in [0.3, 0.4) is 0 Å². The van der Waals surface area contributed by atoms with Crippen molar-refractivity contribution in [3.8, 4) is 11.4 Å². The van der Waals surface area contributed by atoms with Crippen LogP contribution in [0.4, 0.5) is 21.6 Å². The molecule has 0 radical (unpaired) electrons. The van der Waals surface area contributed by atoms with Gasteiger partial charge in [-0.25, -0.2) is 14.4 Å². The van der Waals surface area contributed by atoms with Crippen molar-refractivity contribution in [2.45, 2.75) is 25.4 Å². The van der Waals surface area contributed by atoms with Gasteiger partial charge < -0.3 is 4.57 Å². The van der Waals surface area contributed by atoms with Crippen molar-refractivity contribution in [2.24, 2.45) is 7.05 Å². The van der Waals surface area contributed by atoms with Gasteiger partial charge in [-0.15, -0.1) is 11.3 Å². The van der Waals surface area contributed by atoms with Gasteiger partial charge in [-0.05, 0) is 76.9 Å². The smallest absolute Gasteiger partial charge is 0.150 e. The molecule has 0 bridgehead atoms. The Kier molecular flexibility index (Phi) is 6.15. The van der Waals surface area contributed by atoms with Crippen molar-refractivity contribution in [1.82, 2.24) is 14.5 Å². The minimum absolute atomic E-state index is 0.343. The number of hydrogen-bond donors (Lipinski definition) is 0. The van der Waals surface area contributed by atoms with E-state index in [4.69, 9.17) is 9.97 Å². The van der Waals surface area contributed by atoms with Crippen molar-refractivity contribution in [3.63, 3.8) is 0 Å². The number of pyridine rings is 1. The van der Waals surface area contributed by atoms with Gasteiger partial charge >= 0.3 is 0 Å². The number of fused-ring (bicyclic) bond motifs is 7. The summed E-state index contributed by atoms with van der Waals surface area (Å²) in [7, 11) is 2.01. The second-order valence-corrected chi connectivity index (χ2v) is 13.9. The number of anilines is 3. The Bertz CT molecular complexity index is 2490. The molecule has 0 spiro atoms. The third-order valence-electron chi connectivity index (χ3n) is 9.72. The fourth-order valence-corrected chi connectivity index (χ4v) is 8.59. The van der Waals surface area contributed by atoms with E-state index in [-0.39, 0.29) is 5.41 Å². The van der Waals surface area contributed by atoms with Crippen LogP contribution in [0.1, 0.15) is 42.3 Å². The Hall–Kier alpha value is -5.33. The third kappa shape index (κ3) is 4.18. The molecule has 1 atom stereocenters. The molecule has 6 heteroatoms. The monoisotopic (exact) mass is 630 g/mol. The molecule has 0 fully saturated rings. The fraction of sp³-hybridized carbons (Fsp3) is 0.122. The predicted molar refractivity (Wildman–Crippen MR) is 193 cm³/mol. The maximum Gasteiger partial charge on any atom is 0.150 e. The Labute approximate surface area is 276 Å². The van der Waals surface area contributed by atoms with Gasteiger partial charge in [0.2, 0.25) is 0 Å². The van der Waals surface area contributed by atoms with E-state index in [0.717, 1.165) is 45.2 Å². The molecule has 0 saturated heterocycles. The molecule has 4 nitrogen and oxygen atoms in total. The molecular weight excluding hydrogens is 600 g/mol. The van der Waals surface area contributed by atoms with E-state index in [9.17, 15) is 0 Å². The Balaban J connectivity index is 1.20. The number of aromatic nitrogens is 3. The number of benzene rings is 5. The standard InChI is InChI=1S/C41H31FN4S/c1-41(2)29-19-18-26(39(42)25-11-10-12-27(23-25)40-44-30-14-5-6-15-31(30)45(40)3)24-33(29)46(36-17-8-9-22-43-36)32-20-21-35-37(38(32)41)28-13-4-7-16-34(28)47-35/h4-24,39H,1-3H3. The van der Waals surface area contributed by atoms with Crippen LogP contribution >= 0.6 is 11.3 Å². The molecule has 47 heavy (non-hydrogen) atoms. The highest BCUT2D eigenvalue weighted by molar-refractivity contribution is 7.25. The number of rotatable bonds is 4. The molecule has 3 aromatic heterocycles. The van der Waals surface area contributed by atoms with Crippen LogP contribution in [0.5, 0.6) is 0 Å². The molecule has 9 rings (SSSR count). The fourth-order valence-electron chi connectivity index (χ4n) is 7.47. The van der Waals surface area contributed by atoms with Gasteiger partial charge in [0, 0.05) is 44.4 Å². The number of aryl methyl sites for hydroxylation is 1. The zero-order chi connectivity index (χ0) is 31.9. The average molecular weight is 631 g/mol. The molecule has 0 N–H and O–H groups in total. The van der Waals surface area contributed by atoms with Gasteiger partial charge in [-0.3, -0.25) is 4.90 Å². The van der Waals surface area contributed by atoms with Gasteiger partial charge in [0.15, 0.2) is 6.17 Å². The zero-order valence-corrected chi connectivity index (χ0v) is 27.1. The number of hydrogen-bond acceptors (Lipinski definition) is 4. The first-order valence-corrected chi connectivity index (χ1v) is 16.7. The molecular formula is C41H31FN4S.